The average molecular weight is 235 g/mol. The highest BCUT2D eigenvalue weighted by molar-refractivity contribution is 5.36. The molecule has 3 N–H and O–H groups in total. The lowest BCUT2D eigenvalue weighted by molar-refractivity contribution is 0.175. The highest BCUT2D eigenvalue weighted by Gasteiger charge is 2.23. The molecule has 17 heavy (non-hydrogen) atoms. The van der Waals surface area contributed by atoms with Crippen LogP contribution in [0.4, 0.5) is 0 Å². The molecular formula is C13H21N3O. The van der Waals surface area contributed by atoms with Gasteiger partial charge in [0.2, 0.25) is 0 Å². The average Bonchev–Trinajstić information content (AvgIpc) is 2.41. The van der Waals surface area contributed by atoms with E-state index >= 15 is 0 Å². The molecule has 0 spiro atoms. The van der Waals surface area contributed by atoms with Crippen LogP contribution < -0.4 is 15.8 Å². The molecule has 1 aromatic rings. The second-order valence-corrected chi connectivity index (χ2v) is 4.28. The molecule has 0 amide bonds. The van der Waals surface area contributed by atoms with Crippen LogP contribution in [0.3, 0.4) is 0 Å². The maximum atomic E-state index is 5.94. The standard InChI is InChI=1S/C13H21N3O/c1-17-13-5-3-2-4-11(13)12(10-14)16-8-6-15-7-9-16/h2-5,12,15H,6-10,14H2,1H3. The summed E-state index contributed by atoms with van der Waals surface area (Å²) in [6.45, 7) is 4.78. The van der Waals surface area contributed by atoms with E-state index in [0.29, 0.717) is 6.54 Å². The zero-order valence-electron chi connectivity index (χ0n) is 10.4. The van der Waals surface area contributed by atoms with Gasteiger partial charge in [0.05, 0.1) is 13.2 Å². The lowest BCUT2D eigenvalue weighted by Crippen LogP contribution is -2.46. The number of nitrogens with zero attached hydrogens (tertiary/aromatic N) is 1. The summed E-state index contributed by atoms with van der Waals surface area (Å²) in [6.07, 6.45) is 0. The third-order valence-corrected chi connectivity index (χ3v) is 3.31. The molecule has 0 aliphatic carbocycles. The molecule has 1 aromatic carbocycles. The van der Waals surface area contributed by atoms with Gasteiger partial charge in [0.1, 0.15) is 5.75 Å². The minimum Gasteiger partial charge on any atom is -0.496 e. The monoisotopic (exact) mass is 235 g/mol. The molecule has 4 heteroatoms. The summed E-state index contributed by atoms with van der Waals surface area (Å²) in [4.78, 5) is 2.42. The van der Waals surface area contributed by atoms with E-state index in [0.717, 1.165) is 31.9 Å². The predicted molar refractivity (Wildman–Crippen MR) is 69.2 cm³/mol. The quantitative estimate of drug-likeness (QED) is 0.802. The number of benzene rings is 1. The number of nitrogens with one attached hydrogen (secondary N) is 1. The highest BCUT2D eigenvalue weighted by atomic mass is 16.5. The van der Waals surface area contributed by atoms with Crippen LogP contribution >= 0.6 is 0 Å². The van der Waals surface area contributed by atoms with E-state index in [1.54, 1.807) is 7.11 Å². The van der Waals surface area contributed by atoms with Crippen LogP contribution in [0, 0.1) is 0 Å². The third kappa shape index (κ3) is 2.77. The van der Waals surface area contributed by atoms with Crippen molar-refractivity contribution in [1.29, 1.82) is 0 Å². The number of ether oxygens (including phenoxy) is 1. The van der Waals surface area contributed by atoms with Crippen LogP contribution in [0.25, 0.3) is 0 Å². The van der Waals surface area contributed by atoms with E-state index in [-0.39, 0.29) is 6.04 Å². The van der Waals surface area contributed by atoms with Crippen molar-refractivity contribution in [3.63, 3.8) is 0 Å². The first-order valence-electron chi connectivity index (χ1n) is 6.14. The van der Waals surface area contributed by atoms with Gasteiger partial charge in [-0.1, -0.05) is 18.2 Å². The van der Waals surface area contributed by atoms with Gasteiger partial charge in [0.15, 0.2) is 0 Å². The van der Waals surface area contributed by atoms with Gasteiger partial charge >= 0.3 is 0 Å². The zero-order valence-corrected chi connectivity index (χ0v) is 10.4. The van der Waals surface area contributed by atoms with Crippen molar-refractivity contribution in [3.8, 4) is 5.75 Å². The minimum atomic E-state index is 0.258. The fourth-order valence-corrected chi connectivity index (χ4v) is 2.41. The number of nitrogens with two attached hydrogens (primary N) is 1. The van der Waals surface area contributed by atoms with Crippen LogP contribution in [0.2, 0.25) is 0 Å². The highest BCUT2D eigenvalue weighted by Crippen LogP contribution is 2.28. The van der Waals surface area contributed by atoms with Crippen LogP contribution in [-0.2, 0) is 0 Å². The van der Waals surface area contributed by atoms with Crippen molar-refractivity contribution in [2.45, 2.75) is 6.04 Å². The smallest absolute Gasteiger partial charge is 0.123 e. The van der Waals surface area contributed by atoms with Gasteiger partial charge in [-0.25, -0.2) is 0 Å². The molecule has 1 fully saturated rings. The molecule has 1 atom stereocenters. The van der Waals surface area contributed by atoms with E-state index in [1.165, 1.54) is 5.56 Å². The van der Waals surface area contributed by atoms with E-state index in [4.69, 9.17) is 10.5 Å². The molecule has 1 aliphatic rings. The molecule has 0 saturated carbocycles. The normalized spacial score (nSPS) is 18.9. The number of hydrogen-bond acceptors (Lipinski definition) is 4. The first kappa shape index (κ1) is 12.4. The van der Waals surface area contributed by atoms with E-state index in [1.807, 2.05) is 18.2 Å². The maximum Gasteiger partial charge on any atom is 0.123 e. The predicted octanol–water partition coefficient (Wildman–Crippen LogP) is 0.600. The van der Waals surface area contributed by atoms with Gasteiger partial charge in [-0.15, -0.1) is 0 Å². The molecular weight excluding hydrogens is 214 g/mol. The van der Waals surface area contributed by atoms with Gasteiger partial charge < -0.3 is 15.8 Å². The Morgan fingerprint density at radius 1 is 1.35 bits per heavy atom. The second-order valence-electron chi connectivity index (χ2n) is 4.28. The first-order chi connectivity index (χ1) is 8.36. The largest absolute Gasteiger partial charge is 0.496 e. The molecule has 2 rings (SSSR count). The van der Waals surface area contributed by atoms with E-state index in [2.05, 4.69) is 16.3 Å². The Kier molecular flexibility index (Phi) is 4.36. The lowest BCUT2D eigenvalue weighted by Gasteiger charge is -2.35. The van der Waals surface area contributed by atoms with Crippen LogP contribution in [0.1, 0.15) is 11.6 Å². The number of piperazine rings is 1. The second kappa shape index (κ2) is 6.00. The van der Waals surface area contributed by atoms with E-state index < -0.39 is 0 Å². The summed E-state index contributed by atoms with van der Waals surface area (Å²) in [7, 11) is 1.71. The number of rotatable bonds is 4. The molecule has 1 heterocycles. The topological polar surface area (TPSA) is 50.5 Å². The van der Waals surface area contributed by atoms with Crippen molar-refractivity contribution >= 4 is 0 Å². The summed E-state index contributed by atoms with van der Waals surface area (Å²) in [5.74, 6) is 0.932. The summed E-state index contributed by atoms with van der Waals surface area (Å²) < 4.78 is 5.42. The Labute approximate surface area is 103 Å². The third-order valence-electron chi connectivity index (χ3n) is 3.31. The Hall–Kier alpha value is -1.10. The Bertz CT molecular complexity index is 350. The molecule has 94 valence electrons. The zero-order chi connectivity index (χ0) is 12.1. The van der Waals surface area contributed by atoms with Crippen molar-refractivity contribution < 1.29 is 4.74 Å². The molecule has 1 unspecified atom stereocenters. The maximum absolute atomic E-state index is 5.94. The Morgan fingerprint density at radius 3 is 2.71 bits per heavy atom. The SMILES string of the molecule is COc1ccccc1C(CN)N1CCNCC1. The van der Waals surface area contributed by atoms with Gasteiger partial charge in [-0.05, 0) is 6.07 Å². The Morgan fingerprint density at radius 2 is 2.06 bits per heavy atom. The van der Waals surface area contributed by atoms with Crippen molar-refractivity contribution in [2.75, 3.05) is 39.8 Å². The van der Waals surface area contributed by atoms with Crippen LogP contribution in [-0.4, -0.2) is 44.7 Å². The first-order valence-corrected chi connectivity index (χ1v) is 6.14. The molecule has 4 nitrogen and oxygen atoms in total. The molecule has 0 bridgehead atoms. The lowest BCUT2D eigenvalue weighted by atomic mass is 10.0. The summed E-state index contributed by atoms with van der Waals surface area (Å²) >= 11 is 0. The molecule has 0 radical (unpaired) electrons. The van der Waals surface area contributed by atoms with Crippen molar-refractivity contribution in [3.05, 3.63) is 29.8 Å². The molecule has 0 aromatic heterocycles. The van der Waals surface area contributed by atoms with Crippen molar-refractivity contribution in [2.24, 2.45) is 5.73 Å². The Balaban J connectivity index is 2.21. The minimum absolute atomic E-state index is 0.258. The van der Waals surface area contributed by atoms with Gasteiger partial charge in [-0.2, -0.15) is 0 Å². The number of para-hydroxylation sites is 1. The van der Waals surface area contributed by atoms with Gasteiger partial charge in [-0.3, -0.25) is 4.90 Å². The number of methoxy groups -OCH3 is 1. The molecule has 1 aliphatic heterocycles. The fourth-order valence-electron chi connectivity index (χ4n) is 2.41. The van der Waals surface area contributed by atoms with Crippen molar-refractivity contribution in [1.82, 2.24) is 10.2 Å². The van der Waals surface area contributed by atoms with Gasteiger partial charge in [0, 0.05) is 38.3 Å². The summed E-state index contributed by atoms with van der Waals surface area (Å²) in [5, 5.41) is 3.36. The van der Waals surface area contributed by atoms with E-state index in [9.17, 15) is 0 Å². The molecule has 1 saturated heterocycles. The van der Waals surface area contributed by atoms with Crippen LogP contribution in [0.15, 0.2) is 24.3 Å². The summed E-state index contributed by atoms with van der Waals surface area (Å²) in [6, 6.07) is 8.41. The van der Waals surface area contributed by atoms with Gasteiger partial charge in [0.25, 0.3) is 0 Å². The summed E-state index contributed by atoms with van der Waals surface area (Å²) in [5.41, 5.74) is 7.14. The fraction of sp³-hybridized carbons (Fsp3) is 0.538. The number of hydrogen-bond donors (Lipinski definition) is 2. The van der Waals surface area contributed by atoms with Crippen LogP contribution in [0.5, 0.6) is 5.75 Å².